The summed E-state index contributed by atoms with van der Waals surface area (Å²) >= 11 is 0. The van der Waals surface area contributed by atoms with Crippen LogP contribution in [-0.2, 0) is 4.79 Å². The second-order valence-electron chi connectivity index (χ2n) is 5.60. The lowest BCUT2D eigenvalue weighted by molar-refractivity contribution is -0.107. The molecule has 0 spiro atoms. The number of nitrogens with zero attached hydrogens (tertiary/aromatic N) is 2. The van der Waals surface area contributed by atoms with Gasteiger partial charge in [-0.25, -0.2) is 4.39 Å². The SMILES string of the molecule is O=CN(CC12CCCN1CCC2)c1ccccc1F. The minimum absolute atomic E-state index is 0.0865. The van der Waals surface area contributed by atoms with Crippen LogP contribution in [0.4, 0.5) is 10.1 Å². The van der Waals surface area contributed by atoms with Crippen molar-refractivity contribution >= 4 is 12.1 Å². The van der Waals surface area contributed by atoms with E-state index in [-0.39, 0.29) is 11.4 Å². The Kier molecular flexibility index (Phi) is 3.27. The van der Waals surface area contributed by atoms with Gasteiger partial charge < -0.3 is 4.90 Å². The zero-order valence-electron chi connectivity index (χ0n) is 11.0. The summed E-state index contributed by atoms with van der Waals surface area (Å²) in [6.07, 6.45) is 5.37. The second-order valence-corrected chi connectivity index (χ2v) is 5.60. The van der Waals surface area contributed by atoms with Gasteiger partial charge in [0.15, 0.2) is 0 Å². The van der Waals surface area contributed by atoms with Crippen LogP contribution in [0.25, 0.3) is 0 Å². The maximum absolute atomic E-state index is 13.8. The molecule has 0 unspecified atom stereocenters. The normalized spacial score (nSPS) is 21.3. The Morgan fingerprint density at radius 1 is 1.26 bits per heavy atom. The molecule has 0 N–H and O–H groups in total. The number of carbonyl (C=O) groups excluding carboxylic acids is 1. The molecule has 0 aliphatic carbocycles. The lowest BCUT2D eigenvalue weighted by Crippen LogP contribution is -2.48. The van der Waals surface area contributed by atoms with E-state index >= 15 is 0 Å². The largest absolute Gasteiger partial charge is 0.310 e. The van der Waals surface area contributed by atoms with Crippen LogP contribution < -0.4 is 4.90 Å². The van der Waals surface area contributed by atoms with Gasteiger partial charge in [0.05, 0.1) is 5.69 Å². The smallest absolute Gasteiger partial charge is 0.214 e. The van der Waals surface area contributed by atoms with Crippen molar-refractivity contribution in [3.63, 3.8) is 0 Å². The average molecular weight is 262 g/mol. The highest BCUT2D eigenvalue weighted by Gasteiger charge is 2.45. The highest BCUT2D eigenvalue weighted by molar-refractivity contribution is 5.75. The summed E-state index contributed by atoms with van der Waals surface area (Å²) in [6, 6.07) is 6.50. The lowest BCUT2D eigenvalue weighted by Gasteiger charge is -2.36. The van der Waals surface area contributed by atoms with Crippen LogP contribution in [0.5, 0.6) is 0 Å². The Morgan fingerprint density at radius 3 is 2.58 bits per heavy atom. The summed E-state index contributed by atoms with van der Waals surface area (Å²) in [4.78, 5) is 15.4. The fourth-order valence-corrected chi connectivity index (χ4v) is 3.66. The molecule has 2 aliphatic heterocycles. The molecule has 1 aromatic carbocycles. The van der Waals surface area contributed by atoms with Gasteiger partial charge >= 0.3 is 0 Å². The molecule has 2 saturated heterocycles. The Hall–Kier alpha value is -1.42. The fourth-order valence-electron chi connectivity index (χ4n) is 3.66. The molecule has 1 aromatic rings. The molecule has 3 rings (SSSR count). The van der Waals surface area contributed by atoms with Crippen molar-refractivity contribution in [3.05, 3.63) is 30.1 Å². The van der Waals surface area contributed by atoms with Gasteiger partial charge in [0, 0.05) is 12.1 Å². The van der Waals surface area contributed by atoms with Crippen LogP contribution in [0.3, 0.4) is 0 Å². The topological polar surface area (TPSA) is 23.6 Å². The molecule has 0 saturated carbocycles. The van der Waals surface area contributed by atoms with Gasteiger partial charge in [-0.15, -0.1) is 0 Å². The first-order chi connectivity index (χ1) is 9.25. The van der Waals surface area contributed by atoms with Gasteiger partial charge in [0.1, 0.15) is 5.82 Å². The number of hydrogen-bond donors (Lipinski definition) is 0. The van der Waals surface area contributed by atoms with Crippen LogP contribution in [0.2, 0.25) is 0 Å². The first-order valence-electron chi connectivity index (χ1n) is 6.97. The van der Waals surface area contributed by atoms with Crippen LogP contribution in [0, 0.1) is 5.82 Å². The van der Waals surface area contributed by atoms with Crippen LogP contribution in [0.15, 0.2) is 24.3 Å². The Balaban J connectivity index is 1.84. The minimum Gasteiger partial charge on any atom is -0.310 e. The predicted molar refractivity (Wildman–Crippen MR) is 72.6 cm³/mol. The molecule has 19 heavy (non-hydrogen) atoms. The van der Waals surface area contributed by atoms with E-state index in [1.807, 2.05) is 0 Å². The molecular weight excluding hydrogens is 243 g/mol. The van der Waals surface area contributed by atoms with Crippen molar-refractivity contribution in [1.82, 2.24) is 4.90 Å². The predicted octanol–water partition coefficient (Wildman–Crippen LogP) is 2.42. The Morgan fingerprint density at radius 2 is 1.95 bits per heavy atom. The van der Waals surface area contributed by atoms with E-state index in [0.717, 1.165) is 32.3 Å². The highest BCUT2D eigenvalue weighted by atomic mass is 19.1. The quantitative estimate of drug-likeness (QED) is 0.778. The molecule has 2 heterocycles. The van der Waals surface area contributed by atoms with E-state index in [4.69, 9.17) is 0 Å². The van der Waals surface area contributed by atoms with Crippen molar-refractivity contribution in [2.45, 2.75) is 31.2 Å². The van der Waals surface area contributed by atoms with Gasteiger partial charge in [-0.3, -0.25) is 9.69 Å². The molecule has 4 heteroatoms. The number of carbonyl (C=O) groups is 1. The lowest BCUT2D eigenvalue weighted by atomic mass is 9.93. The van der Waals surface area contributed by atoms with Crippen molar-refractivity contribution in [2.75, 3.05) is 24.5 Å². The minimum atomic E-state index is -0.325. The maximum atomic E-state index is 13.8. The van der Waals surface area contributed by atoms with Crippen LogP contribution in [-0.4, -0.2) is 36.5 Å². The molecule has 1 amide bonds. The zero-order chi connectivity index (χ0) is 13.3. The third-order valence-corrected chi connectivity index (χ3v) is 4.56. The van der Waals surface area contributed by atoms with Crippen molar-refractivity contribution in [2.24, 2.45) is 0 Å². The van der Waals surface area contributed by atoms with Crippen molar-refractivity contribution in [1.29, 1.82) is 0 Å². The fraction of sp³-hybridized carbons (Fsp3) is 0.533. The standard InChI is InChI=1S/C15H19FN2O/c16-13-5-1-2-6-14(13)17(12-19)11-15-7-3-9-18(15)10-4-8-15/h1-2,5-6,12H,3-4,7-11H2. The van der Waals surface area contributed by atoms with Gasteiger partial charge in [0.25, 0.3) is 0 Å². The molecule has 0 bridgehead atoms. The van der Waals surface area contributed by atoms with Crippen LogP contribution in [0.1, 0.15) is 25.7 Å². The number of anilines is 1. The van der Waals surface area contributed by atoms with Gasteiger partial charge in [-0.1, -0.05) is 12.1 Å². The molecule has 0 aromatic heterocycles. The van der Waals surface area contributed by atoms with E-state index in [2.05, 4.69) is 4.90 Å². The average Bonchev–Trinajstić information content (AvgIpc) is 2.96. The monoisotopic (exact) mass is 262 g/mol. The maximum Gasteiger partial charge on any atom is 0.214 e. The molecule has 102 valence electrons. The van der Waals surface area contributed by atoms with E-state index < -0.39 is 0 Å². The van der Waals surface area contributed by atoms with Crippen LogP contribution >= 0.6 is 0 Å². The molecule has 2 fully saturated rings. The molecular formula is C15H19FN2O. The number of benzene rings is 1. The zero-order valence-corrected chi connectivity index (χ0v) is 11.0. The molecule has 0 radical (unpaired) electrons. The van der Waals surface area contributed by atoms with E-state index in [1.54, 1.807) is 23.1 Å². The number of amides is 1. The number of hydrogen-bond acceptors (Lipinski definition) is 2. The number of rotatable bonds is 4. The van der Waals surface area contributed by atoms with Crippen molar-refractivity contribution in [3.8, 4) is 0 Å². The van der Waals surface area contributed by atoms with Gasteiger partial charge in [-0.05, 0) is 50.9 Å². The summed E-state index contributed by atoms with van der Waals surface area (Å²) in [5.41, 5.74) is 0.481. The second kappa shape index (κ2) is 4.93. The molecule has 2 aliphatic rings. The summed E-state index contributed by atoms with van der Waals surface area (Å²) in [5.74, 6) is -0.325. The summed E-state index contributed by atoms with van der Waals surface area (Å²) < 4.78 is 13.8. The third-order valence-electron chi connectivity index (χ3n) is 4.56. The van der Waals surface area contributed by atoms with Crippen molar-refractivity contribution < 1.29 is 9.18 Å². The first kappa shape index (κ1) is 12.6. The van der Waals surface area contributed by atoms with E-state index in [1.165, 1.54) is 18.9 Å². The van der Waals surface area contributed by atoms with E-state index in [0.29, 0.717) is 12.2 Å². The van der Waals surface area contributed by atoms with Gasteiger partial charge in [-0.2, -0.15) is 0 Å². The van der Waals surface area contributed by atoms with Gasteiger partial charge in [0.2, 0.25) is 6.41 Å². The molecule has 0 atom stereocenters. The number of fused-ring (bicyclic) bond motifs is 1. The first-order valence-corrected chi connectivity index (χ1v) is 6.97. The Labute approximate surface area is 113 Å². The molecule has 3 nitrogen and oxygen atoms in total. The summed E-state index contributed by atoms with van der Waals surface area (Å²) in [5, 5.41) is 0. The Bertz CT molecular complexity index is 467. The highest BCUT2D eigenvalue weighted by Crippen LogP contribution is 2.40. The summed E-state index contributed by atoms with van der Waals surface area (Å²) in [7, 11) is 0. The number of halogens is 1. The third kappa shape index (κ3) is 2.14. The van der Waals surface area contributed by atoms with E-state index in [9.17, 15) is 9.18 Å². The number of para-hydroxylation sites is 1. The summed E-state index contributed by atoms with van der Waals surface area (Å²) in [6.45, 7) is 2.84.